The first-order chi connectivity index (χ1) is 12.5. The second kappa shape index (κ2) is 12.4. The summed E-state index contributed by atoms with van der Waals surface area (Å²) in [4.78, 5) is 17.7. The Morgan fingerprint density at radius 3 is 2.70 bits per heavy atom. The Morgan fingerprint density at radius 2 is 2.11 bits per heavy atom. The molecule has 1 saturated heterocycles. The van der Waals surface area contributed by atoms with E-state index < -0.39 is 0 Å². The number of nitrogens with one attached hydrogen (secondary N) is 2. The quantitative estimate of drug-likeness (QED) is 0.331. The molecule has 27 heavy (non-hydrogen) atoms. The summed E-state index contributed by atoms with van der Waals surface area (Å²) in [5.74, 6) is 0.481. The summed E-state index contributed by atoms with van der Waals surface area (Å²) < 4.78 is 18.8. The molecular formula is C18H27BrFIN4O2. The zero-order valence-corrected chi connectivity index (χ0v) is 19.6. The predicted octanol–water partition coefficient (Wildman–Crippen LogP) is 3.53. The number of hydrogen-bond donors (Lipinski definition) is 2. The summed E-state index contributed by atoms with van der Waals surface area (Å²) >= 11 is 3.20. The van der Waals surface area contributed by atoms with Crippen LogP contribution in [0.5, 0.6) is 0 Å². The Kier molecular flexibility index (Phi) is 11.0. The molecule has 0 spiro atoms. The van der Waals surface area contributed by atoms with Crippen molar-refractivity contribution in [3.8, 4) is 0 Å². The standard InChI is InChI=1S/C18H26BrFN4O2.HI/c1-3-26-18(25)24-10-7-14(8-11-24)23-17(21-2)22-9-6-13-4-5-16(20)15(19)12-13;/h4-5,12,14H,3,6-11H2,1-2H3,(H2,21,22,23);1H. The average Bonchev–Trinajstić information content (AvgIpc) is 2.64. The van der Waals surface area contributed by atoms with Crippen LogP contribution in [0.3, 0.4) is 0 Å². The first-order valence-electron chi connectivity index (χ1n) is 8.86. The van der Waals surface area contributed by atoms with Crippen LogP contribution in [0.15, 0.2) is 27.7 Å². The van der Waals surface area contributed by atoms with Crippen molar-refractivity contribution >= 4 is 52.0 Å². The van der Waals surface area contributed by atoms with Gasteiger partial charge in [0.2, 0.25) is 0 Å². The van der Waals surface area contributed by atoms with E-state index in [1.807, 2.05) is 6.92 Å². The molecule has 2 N–H and O–H groups in total. The maximum atomic E-state index is 13.3. The summed E-state index contributed by atoms with van der Waals surface area (Å²) in [6.45, 7) is 4.26. The minimum atomic E-state index is -0.256. The van der Waals surface area contributed by atoms with E-state index in [1.165, 1.54) is 6.07 Å². The van der Waals surface area contributed by atoms with Gasteiger partial charge < -0.3 is 20.3 Å². The number of guanidine groups is 1. The number of carbonyl (C=O) groups excluding carboxylic acids is 1. The maximum absolute atomic E-state index is 13.3. The van der Waals surface area contributed by atoms with E-state index in [2.05, 4.69) is 31.6 Å². The van der Waals surface area contributed by atoms with Crippen LogP contribution in [0.1, 0.15) is 25.3 Å². The van der Waals surface area contributed by atoms with E-state index in [1.54, 1.807) is 24.1 Å². The summed E-state index contributed by atoms with van der Waals surface area (Å²) in [6.07, 6.45) is 2.23. The molecule has 1 aromatic rings. The van der Waals surface area contributed by atoms with E-state index in [9.17, 15) is 9.18 Å². The Labute approximate surface area is 185 Å². The second-order valence-corrected chi connectivity index (χ2v) is 6.96. The van der Waals surface area contributed by atoms with Gasteiger partial charge in [-0.2, -0.15) is 0 Å². The highest BCUT2D eigenvalue weighted by molar-refractivity contribution is 14.0. The van der Waals surface area contributed by atoms with Gasteiger partial charge in [0.05, 0.1) is 11.1 Å². The van der Waals surface area contributed by atoms with Crippen molar-refractivity contribution in [2.45, 2.75) is 32.2 Å². The largest absolute Gasteiger partial charge is 0.450 e. The number of rotatable bonds is 5. The number of hydrogen-bond acceptors (Lipinski definition) is 3. The summed E-state index contributed by atoms with van der Waals surface area (Å²) in [6, 6.07) is 5.30. The van der Waals surface area contributed by atoms with E-state index in [4.69, 9.17) is 4.74 Å². The number of nitrogens with zero attached hydrogens (tertiary/aromatic N) is 2. The van der Waals surface area contributed by atoms with Crippen molar-refractivity contribution in [2.24, 2.45) is 4.99 Å². The SMILES string of the molecule is CCOC(=O)N1CCC(NC(=NC)NCCc2ccc(F)c(Br)c2)CC1.I. The van der Waals surface area contributed by atoms with Gasteiger partial charge in [-0.05, 0) is 59.8 Å². The topological polar surface area (TPSA) is 66.0 Å². The van der Waals surface area contributed by atoms with E-state index in [0.717, 1.165) is 30.8 Å². The molecular weight excluding hydrogens is 530 g/mol. The van der Waals surface area contributed by atoms with Crippen molar-refractivity contribution < 1.29 is 13.9 Å². The van der Waals surface area contributed by atoms with Crippen LogP contribution < -0.4 is 10.6 Å². The maximum Gasteiger partial charge on any atom is 0.409 e. The van der Waals surface area contributed by atoms with Crippen LogP contribution in [0.2, 0.25) is 0 Å². The number of ether oxygens (including phenoxy) is 1. The van der Waals surface area contributed by atoms with Gasteiger partial charge in [0.15, 0.2) is 5.96 Å². The number of amides is 1. The monoisotopic (exact) mass is 556 g/mol. The van der Waals surface area contributed by atoms with Gasteiger partial charge in [0.25, 0.3) is 0 Å². The molecule has 0 aliphatic carbocycles. The molecule has 0 unspecified atom stereocenters. The number of likely N-dealkylation sites (tertiary alicyclic amines) is 1. The first-order valence-corrected chi connectivity index (χ1v) is 9.65. The van der Waals surface area contributed by atoms with Gasteiger partial charge in [0, 0.05) is 32.7 Å². The number of piperidine rings is 1. The lowest BCUT2D eigenvalue weighted by Gasteiger charge is -2.32. The third-order valence-corrected chi connectivity index (χ3v) is 4.88. The van der Waals surface area contributed by atoms with E-state index in [-0.39, 0.29) is 41.9 Å². The Morgan fingerprint density at radius 1 is 1.41 bits per heavy atom. The smallest absolute Gasteiger partial charge is 0.409 e. The van der Waals surface area contributed by atoms with E-state index in [0.29, 0.717) is 30.7 Å². The van der Waals surface area contributed by atoms with Gasteiger partial charge in [0.1, 0.15) is 5.82 Å². The Balaban J connectivity index is 0.00000364. The summed E-state index contributed by atoms with van der Waals surface area (Å²) in [5.41, 5.74) is 1.05. The highest BCUT2D eigenvalue weighted by Crippen LogP contribution is 2.17. The fourth-order valence-electron chi connectivity index (χ4n) is 2.83. The van der Waals surface area contributed by atoms with Crippen LogP contribution >= 0.6 is 39.9 Å². The third-order valence-electron chi connectivity index (χ3n) is 4.28. The summed E-state index contributed by atoms with van der Waals surface area (Å²) in [5, 5.41) is 6.67. The lowest BCUT2D eigenvalue weighted by molar-refractivity contribution is 0.0963. The fraction of sp³-hybridized carbons (Fsp3) is 0.556. The number of halogens is 3. The highest BCUT2D eigenvalue weighted by Gasteiger charge is 2.23. The van der Waals surface area contributed by atoms with Gasteiger partial charge >= 0.3 is 6.09 Å². The van der Waals surface area contributed by atoms with Crippen LogP contribution in [-0.2, 0) is 11.2 Å². The van der Waals surface area contributed by atoms with Gasteiger partial charge in [-0.15, -0.1) is 24.0 Å². The molecule has 9 heteroatoms. The van der Waals surface area contributed by atoms with Crippen molar-refractivity contribution in [1.82, 2.24) is 15.5 Å². The third kappa shape index (κ3) is 7.81. The lowest BCUT2D eigenvalue weighted by atomic mass is 10.1. The normalized spacial score (nSPS) is 15.1. The second-order valence-electron chi connectivity index (χ2n) is 6.10. The molecule has 6 nitrogen and oxygen atoms in total. The molecule has 0 atom stereocenters. The van der Waals surface area contributed by atoms with Crippen molar-refractivity contribution in [1.29, 1.82) is 0 Å². The molecule has 0 saturated carbocycles. The van der Waals surface area contributed by atoms with Crippen molar-refractivity contribution in [3.05, 3.63) is 34.1 Å². The van der Waals surface area contributed by atoms with Crippen LogP contribution in [0.4, 0.5) is 9.18 Å². The van der Waals surface area contributed by atoms with Crippen molar-refractivity contribution in [3.63, 3.8) is 0 Å². The lowest BCUT2D eigenvalue weighted by Crippen LogP contribution is -2.50. The van der Waals surface area contributed by atoms with Gasteiger partial charge in [-0.25, -0.2) is 9.18 Å². The molecule has 0 aromatic heterocycles. The van der Waals surface area contributed by atoms with Crippen LogP contribution in [-0.4, -0.2) is 56.3 Å². The average molecular weight is 557 g/mol. The number of carbonyl (C=O) groups is 1. The Hall–Kier alpha value is -1.10. The predicted molar refractivity (Wildman–Crippen MR) is 119 cm³/mol. The molecule has 2 rings (SSSR count). The minimum absolute atomic E-state index is 0. The molecule has 1 fully saturated rings. The van der Waals surface area contributed by atoms with Gasteiger partial charge in [-0.3, -0.25) is 4.99 Å². The van der Waals surface area contributed by atoms with E-state index >= 15 is 0 Å². The molecule has 1 aliphatic rings. The highest BCUT2D eigenvalue weighted by atomic mass is 127. The molecule has 152 valence electrons. The van der Waals surface area contributed by atoms with Crippen LogP contribution in [0.25, 0.3) is 0 Å². The van der Waals surface area contributed by atoms with Crippen molar-refractivity contribution in [2.75, 3.05) is 33.3 Å². The Bertz CT molecular complexity index is 640. The fourth-order valence-corrected chi connectivity index (χ4v) is 3.26. The number of benzene rings is 1. The molecule has 1 heterocycles. The molecule has 1 aromatic carbocycles. The minimum Gasteiger partial charge on any atom is -0.450 e. The molecule has 1 aliphatic heterocycles. The zero-order chi connectivity index (χ0) is 18.9. The molecule has 0 radical (unpaired) electrons. The molecule has 1 amide bonds. The first kappa shape index (κ1) is 23.9. The molecule has 0 bridgehead atoms. The summed E-state index contributed by atoms with van der Waals surface area (Å²) in [7, 11) is 1.73. The van der Waals surface area contributed by atoms with Crippen LogP contribution in [0, 0.1) is 5.82 Å². The van der Waals surface area contributed by atoms with Gasteiger partial charge in [-0.1, -0.05) is 6.07 Å². The number of aliphatic imine (C=N–C) groups is 1. The zero-order valence-electron chi connectivity index (χ0n) is 15.6.